The Hall–Kier alpha value is -0.370. The third-order valence-electron chi connectivity index (χ3n) is 4.83. The number of ketones is 1. The van der Waals surface area contributed by atoms with Crippen LogP contribution < -0.4 is 0 Å². The molecule has 0 aromatic carbocycles. The minimum absolute atomic E-state index is 0.367. The van der Waals surface area contributed by atoms with Crippen molar-refractivity contribution in [2.24, 2.45) is 11.3 Å². The molecule has 1 aliphatic heterocycles. The smallest absolute Gasteiger partial charge is 0.137 e. The molecule has 0 bridgehead atoms. The van der Waals surface area contributed by atoms with Gasteiger partial charge >= 0.3 is 0 Å². The second-order valence-electron chi connectivity index (χ2n) is 6.02. The largest absolute Gasteiger partial charge is 0.303 e. The highest BCUT2D eigenvalue weighted by molar-refractivity contribution is 5.83. The fourth-order valence-corrected chi connectivity index (χ4v) is 3.02. The molecule has 16 heavy (non-hydrogen) atoms. The van der Waals surface area contributed by atoms with E-state index in [1.807, 2.05) is 0 Å². The summed E-state index contributed by atoms with van der Waals surface area (Å²) in [7, 11) is 0. The van der Waals surface area contributed by atoms with Crippen molar-refractivity contribution in [1.29, 1.82) is 0 Å². The van der Waals surface area contributed by atoms with Gasteiger partial charge in [0.25, 0.3) is 0 Å². The second-order valence-corrected chi connectivity index (χ2v) is 6.02. The van der Waals surface area contributed by atoms with Crippen molar-refractivity contribution < 1.29 is 4.79 Å². The summed E-state index contributed by atoms with van der Waals surface area (Å²) in [5.41, 5.74) is 0.566. The van der Waals surface area contributed by atoms with Crippen molar-refractivity contribution in [2.75, 3.05) is 19.6 Å². The van der Waals surface area contributed by atoms with E-state index in [0.717, 1.165) is 25.8 Å². The molecule has 1 heterocycles. The molecule has 0 radical (unpaired) electrons. The summed E-state index contributed by atoms with van der Waals surface area (Å²) >= 11 is 0. The molecular weight excluding hydrogens is 198 g/mol. The number of piperidine rings is 1. The lowest BCUT2D eigenvalue weighted by atomic mass is 9.78. The van der Waals surface area contributed by atoms with Crippen LogP contribution in [0, 0.1) is 11.3 Å². The predicted molar refractivity (Wildman–Crippen MR) is 66.4 cm³/mol. The molecule has 1 atom stereocenters. The summed E-state index contributed by atoms with van der Waals surface area (Å²) in [6.07, 6.45) is 7.02. The predicted octanol–water partition coefficient (Wildman–Crippen LogP) is 2.87. The van der Waals surface area contributed by atoms with E-state index in [2.05, 4.69) is 18.7 Å². The Morgan fingerprint density at radius 1 is 1.38 bits per heavy atom. The molecular formula is C14H25NO. The van der Waals surface area contributed by atoms with Crippen LogP contribution in [0.15, 0.2) is 0 Å². The average molecular weight is 223 g/mol. The molecule has 0 aromatic heterocycles. The lowest BCUT2D eigenvalue weighted by Gasteiger charge is -2.39. The summed E-state index contributed by atoms with van der Waals surface area (Å²) in [6, 6.07) is 0. The van der Waals surface area contributed by atoms with Gasteiger partial charge in [-0.1, -0.05) is 20.3 Å². The third kappa shape index (κ3) is 2.65. The number of likely N-dealkylation sites (tertiary alicyclic amines) is 1. The Labute approximate surface area is 99.4 Å². The van der Waals surface area contributed by atoms with Crippen LogP contribution in [0.25, 0.3) is 0 Å². The first-order chi connectivity index (χ1) is 7.63. The summed E-state index contributed by atoms with van der Waals surface area (Å²) < 4.78 is 0. The van der Waals surface area contributed by atoms with Gasteiger partial charge in [-0.15, -0.1) is 0 Å². The van der Waals surface area contributed by atoms with Gasteiger partial charge in [-0.2, -0.15) is 0 Å². The quantitative estimate of drug-likeness (QED) is 0.733. The number of carbonyl (C=O) groups is 1. The molecule has 2 heteroatoms. The van der Waals surface area contributed by atoms with E-state index in [1.165, 1.54) is 32.4 Å². The maximum Gasteiger partial charge on any atom is 0.137 e. The highest BCUT2D eigenvalue weighted by atomic mass is 16.1. The molecule has 0 amide bonds. The van der Waals surface area contributed by atoms with Crippen LogP contribution in [-0.4, -0.2) is 30.3 Å². The van der Waals surface area contributed by atoms with Crippen molar-refractivity contribution in [1.82, 2.24) is 4.90 Å². The third-order valence-corrected chi connectivity index (χ3v) is 4.83. The average Bonchev–Trinajstić information content (AvgIpc) is 2.68. The Morgan fingerprint density at radius 3 is 2.56 bits per heavy atom. The monoisotopic (exact) mass is 223 g/mol. The van der Waals surface area contributed by atoms with Crippen molar-refractivity contribution in [2.45, 2.75) is 52.4 Å². The summed E-state index contributed by atoms with van der Waals surface area (Å²) in [6.45, 7) is 8.15. The minimum Gasteiger partial charge on any atom is -0.303 e. The van der Waals surface area contributed by atoms with Gasteiger partial charge in [0, 0.05) is 18.9 Å². The van der Waals surface area contributed by atoms with Crippen LogP contribution in [0.1, 0.15) is 52.4 Å². The Bertz CT molecular complexity index is 253. The highest BCUT2D eigenvalue weighted by Gasteiger charge is 2.31. The van der Waals surface area contributed by atoms with E-state index >= 15 is 0 Å². The fourth-order valence-electron chi connectivity index (χ4n) is 3.02. The number of rotatable bonds is 3. The van der Waals surface area contributed by atoms with Gasteiger partial charge in [0.2, 0.25) is 0 Å². The summed E-state index contributed by atoms with van der Waals surface area (Å²) in [5, 5.41) is 0. The lowest BCUT2D eigenvalue weighted by molar-refractivity contribution is -0.121. The van der Waals surface area contributed by atoms with Crippen LogP contribution >= 0.6 is 0 Å². The molecule has 1 saturated heterocycles. The van der Waals surface area contributed by atoms with Gasteiger partial charge in [-0.05, 0) is 44.2 Å². The van der Waals surface area contributed by atoms with Crippen molar-refractivity contribution in [3.8, 4) is 0 Å². The van der Waals surface area contributed by atoms with Crippen LogP contribution in [-0.2, 0) is 4.79 Å². The second kappa shape index (κ2) is 4.87. The normalized spacial score (nSPS) is 30.9. The summed E-state index contributed by atoms with van der Waals surface area (Å²) in [5.74, 6) is 0.884. The van der Waals surface area contributed by atoms with E-state index in [-0.39, 0.29) is 0 Å². The number of Topliss-reactive ketones (excluding diaryl/α,β-unsaturated/α-hetero) is 1. The Morgan fingerprint density at radius 2 is 2.06 bits per heavy atom. The number of hydrogen-bond donors (Lipinski definition) is 0. The topological polar surface area (TPSA) is 20.3 Å². The molecule has 0 spiro atoms. The number of hydrogen-bond acceptors (Lipinski definition) is 2. The summed E-state index contributed by atoms with van der Waals surface area (Å²) in [4.78, 5) is 14.1. The van der Waals surface area contributed by atoms with E-state index in [1.54, 1.807) is 0 Å². The van der Waals surface area contributed by atoms with Crippen LogP contribution in [0.3, 0.4) is 0 Å². The van der Waals surface area contributed by atoms with Gasteiger partial charge in [-0.25, -0.2) is 0 Å². The maximum atomic E-state index is 11.6. The van der Waals surface area contributed by atoms with Crippen LogP contribution in [0.4, 0.5) is 0 Å². The molecule has 0 aromatic rings. The molecule has 0 N–H and O–H groups in total. The first-order valence-electron chi connectivity index (χ1n) is 6.88. The molecule has 92 valence electrons. The van der Waals surface area contributed by atoms with Crippen LogP contribution in [0.5, 0.6) is 0 Å². The standard InChI is InChI=1S/C14H25NO/c1-3-14(2)7-9-15(10-8-14)11-12-5-4-6-13(12)16/h12H,3-11H2,1-2H3. The zero-order valence-electron chi connectivity index (χ0n) is 10.8. The lowest BCUT2D eigenvalue weighted by Crippen LogP contribution is -2.41. The number of nitrogens with zero attached hydrogens (tertiary/aromatic N) is 1. The van der Waals surface area contributed by atoms with Crippen LogP contribution in [0.2, 0.25) is 0 Å². The first-order valence-corrected chi connectivity index (χ1v) is 6.88. The van der Waals surface area contributed by atoms with Crippen molar-refractivity contribution in [3.05, 3.63) is 0 Å². The van der Waals surface area contributed by atoms with Gasteiger partial charge in [0.1, 0.15) is 5.78 Å². The fraction of sp³-hybridized carbons (Fsp3) is 0.929. The molecule has 2 fully saturated rings. The first kappa shape index (κ1) is 12.1. The zero-order chi connectivity index (χ0) is 11.6. The van der Waals surface area contributed by atoms with E-state index in [0.29, 0.717) is 17.1 Å². The Kier molecular flexibility index (Phi) is 3.68. The SMILES string of the molecule is CCC1(C)CCN(CC2CCCC2=O)CC1. The Balaban J connectivity index is 1.79. The van der Waals surface area contributed by atoms with E-state index < -0.39 is 0 Å². The van der Waals surface area contributed by atoms with Gasteiger partial charge in [0.05, 0.1) is 0 Å². The maximum absolute atomic E-state index is 11.6. The van der Waals surface area contributed by atoms with Gasteiger partial charge in [0.15, 0.2) is 0 Å². The molecule has 1 saturated carbocycles. The van der Waals surface area contributed by atoms with Crippen molar-refractivity contribution >= 4 is 5.78 Å². The zero-order valence-corrected chi connectivity index (χ0v) is 10.8. The minimum atomic E-state index is 0.367. The molecule has 2 aliphatic rings. The van der Waals surface area contributed by atoms with E-state index in [4.69, 9.17) is 0 Å². The van der Waals surface area contributed by atoms with Gasteiger partial charge < -0.3 is 4.90 Å². The molecule has 2 nitrogen and oxygen atoms in total. The number of carbonyl (C=O) groups excluding carboxylic acids is 1. The molecule has 1 unspecified atom stereocenters. The molecule has 2 rings (SSSR count). The van der Waals surface area contributed by atoms with Gasteiger partial charge in [-0.3, -0.25) is 4.79 Å². The van der Waals surface area contributed by atoms with Crippen molar-refractivity contribution in [3.63, 3.8) is 0 Å². The highest BCUT2D eigenvalue weighted by Crippen LogP contribution is 2.34. The molecule has 1 aliphatic carbocycles. The van der Waals surface area contributed by atoms with E-state index in [9.17, 15) is 4.79 Å².